The van der Waals surface area contributed by atoms with E-state index in [0.717, 1.165) is 11.8 Å². The van der Waals surface area contributed by atoms with Gasteiger partial charge in [-0.3, -0.25) is 4.79 Å². The predicted molar refractivity (Wildman–Crippen MR) is 49.7 cm³/mol. The van der Waals surface area contributed by atoms with Gasteiger partial charge in [-0.25, -0.2) is 0 Å². The van der Waals surface area contributed by atoms with E-state index in [2.05, 4.69) is 19.2 Å². The van der Waals surface area contributed by atoms with E-state index in [4.69, 9.17) is 0 Å². The van der Waals surface area contributed by atoms with Crippen LogP contribution in [0.4, 0.5) is 0 Å². The molecular formula is C10H19NO. The van der Waals surface area contributed by atoms with Crippen LogP contribution in [0.25, 0.3) is 0 Å². The molecule has 70 valence electrons. The Morgan fingerprint density at radius 3 is 2.58 bits per heavy atom. The van der Waals surface area contributed by atoms with Gasteiger partial charge in [0, 0.05) is 13.5 Å². The highest BCUT2D eigenvalue weighted by molar-refractivity contribution is 5.75. The van der Waals surface area contributed by atoms with Crippen LogP contribution in [0.3, 0.4) is 0 Å². The molecule has 0 aromatic carbocycles. The second-order valence-electron chi connectivity index (χ2n) is 4.07. The van der Waals surface area contributed by atoms with Gasteiger partial charge >= 0.3 is 0 Å². The second kappa shape index (κ2) is 3.92. The highest BCUT2D eigenvalue weighted by Gasteiger charge is 2.31. The monoisotopic (exact) mass is 169 g/mol. The van der Waals surface area contributed by atoms with Crippen molar-refractivity contribution < 1.29 is 4.79 Å². The summed E-state index contributed by atoms with van der Waals surface area (Å²) >= 11 is 0. The van der Waals surface area contributed by atoms with Gasteiger partial charge in [-0.05, 0) is 24.2 Å². The molecule has 3 atom stereocenters. The summed E-state index contributed by atoms with van der Waals surface area (Å²) in [5.74, 6) is 2.38. The normalized spacial score (nSPS) is 30.6. The van der Waals surface area contributed by atoms with E-state index in [1.165, 1.54) is 12.8 Å². The van der Waals surface area contributed by atoms with Crippen molar-refractivity contribution in [1.29, 1.82) is 0 Å². The standard InChI is InChI=1S/C10H19NO/c1-7-4-5-9(7)8(2)6-10(12)11-3/h7-9H,4-6H2,1-3H3,(H,11,12). The molecule has 0 aromatic heterocycles. The zero-order valence-corrected chi connectivity index (χ0v) is 8.26. The Kier molecular flexibility index (Phi) is 3.12. The molecule has 1 N–H and O–H groups in total. The Bertz CT molecular complexity index is 167. The van der Waals surface area contributed by atoms with Crippen LogP contribution >= 0.6 is 0 Å². The lowest BCUT2D eigenvalue weighted by atomic mass is 9.68. The van der Waals surface area contributed by atoms with Crippen LogP contribution in [0.5, 0.6) is 0 Å². The molecule has 0 bridgehead atoms. The first-order valence-electron chi connectivity index (χ1n) is 4.85. The fourth-order valence-corrected chi connectivity index (χ4v) is 2.08. The molecule has 0 aromatic rings. The third-order valence-corrected chi connectivity index (χ3v) is 3.20. The Labute approximate surface area is 74.7 Å². The van der Waals surface area contributed by atoms with Crippen LogP contribution < -0.4 is 5.32 Å². The zero-order chi connectivity index (χ0) is 9.14. The van der Waals surface area contributed by atoms with Gasteiger partial charge in [0.1, 0.15) is 0 Å². The minimum Gasteiger partial charge on any atom is -0.359 e. The van der Waals surface area contributed by atoms with E-state index in [1.807, 2.05) is 0 Å². The van der Waals surface area contributed by atoms with Crippen LogP contribution in [0.2, 0.25) is 0 Å². The predicted octanol–water partition coefficient (Wildman–Crippen LogP) is 1.80. The van der Waals surface area contributed by atoms with Crippen LogP contribution in [-0.2, 0) is 4.79 Å². The maximum atomic E-state index is 11.1. The van der Waals surface area contributed by atoms with Gasteiger partial charge in [0.05, 0.1) is 0 Å². The number of hydrogen-bond donors (Lipinski definition) is 1. The Hall–Kier alpha value is -0.530. The van der Waals surface area contributed by atoms with Crippen molar-refractivity contribution in [3.8, 4) is 0 Å². The summed E-state index contributed by atoms with van der Waals surface area (Å²) in [5.41, 5.74) is 0. The molecule has 1 aliphatic rings. The summed E-state index contributed by atoms with van der Waals surface area (Å²) in [6, 6.07) is 0. The van der Waals surface area contributed by atoms with Crippen LogP contribution in [0.15, 0.2) is 0 Å². The molecule has 1 amide bonds. The van der Waals surface area contributed by atoms with Crippen molar-refractivity contribution in [3.05, 3.63) is 0 Å². The first-order chi connectivity index (χ1) is 5.65. The van der Waals surface area contributed by atoms with Gasteiger partial charge in [0.25, 0.3) is 0 Å². The minimum atomic E-state index is 0.182. The lowest BCUT2D eigenvalue weighted by molar-refractivity contribution is -0.122. The quantitative estimate of drug-likeness (QED) is 0.686. The van der Waals surface area contributed by atoms with Crippen molar-refractivity contribution >= 4 is 5.91 Å². The largest absolute Gasteiger partial charge is 0.359 e. The molecule has 0 spiro atoms. The molecule has 1 aliphatic carbocycles. The Balaban J connectivity index is 2.27. The van der Waals surface area contributed by atoms with Crippen LogP contribution in [-0.4, -0.2) is 13.0 Å². The highest BCUT2D eigenvalue weighted by Crippen LogP contribution is 2.40. The highest BCUT2D eigenvalue weighted by atomic mass is 16.1. The first-order valence-corrected chi connectivity index (χ1v) is 4.85. The van der Waals surface area contributed by atoms with Gasteiger partial charge < -0.3 is 5.32 Å². The number of nitrogens with one attached hydrogen (secondary N) is 1. The Morgan fingerprint density at radius 1 is 1.58 bits per heavy atom. The second-order valence-corrected chi connectivity index (χ2v) is 4.07. The average Bonchev–Trinajstić information content (AvgIpc) is 2.01. The van der Waals surface area contributed by atoms with E-state index in [0.29, 0.717) is 12.3 Å². The summed E-state index contributed by atoms with van der Waals surface area (Å²) in [4.78, 5) is 11.1. The lowest BCUT2D eigenvalue weighted by Crippen LogP contribution is -2.32. The zero-order valence-electron chi connectivity index (χ0n) is 8.26. The first kappa shape index (κ1) is 9.56. The summed E-state index contributed by atoms with van der Waals surface area (Å²) in [5, 5.41) is 2.67. The third kappa shape index (κ3) is 1.99. The fraction of sp³-hybridized carbons (Fsp3) is 0.900. The van der Waals surface area contributed by atoms with E-state index >= 15 is 0 Å². The van der Waals surface area contributed by atoms with E-state index in [1.54, 1.807) is 7.05 Å². The molecule has 0 radical (unpaired) electrons. The van der Waals surface area contributed by atoms with Gasteiger partial charge in [-0.2, -0.15) is 0 Å². The molecule has 0 heterocycles. The summed E-state index contributed by atoms with van der Waals surface area (Å²) in [7, 11) is 1.71. The smallest absolute Gasteiger partial charge is 0.220 e. The van der Waals surface area contributed by atoms with E-state index in [9.17, 15) is 4.79 Å². The van der Waals surface area contributed by atoms with Gasteiger partial charge in [-0.1, -0.05) is 20.3 Å². The number of carbonyl (C=O) groups excluding carboxylic acids is 1. The molecule has 2 nitrogen and oxygen atoms in total. The fourth-order valence-electron chi connectivity index (χ4n) is 2.08. The number of carbonyl (C=O) groups is 1. The van der Waals surface area contributed by atoms with Gasteiger partial charge in [-0.15, -0.1) is 0 Å². The van der Waals surface area contributed by atoms with Crippen molar-refractivity contribution in [1.82, 2.24) is 5.32 Å². The molecule has 0 saturated heterocycles. The molecule has 1 fully saturated rings. The van der Waals surface area contributed by atoms with Crippen LogP contribution in [0, 0.1) is 17.8 Å². The topological polar surface area (TPSA) is 29.1 Å². The van der Waals surface area contributed by atoms with E-state index < -0.39 is 0 Å². The molecule has 2 heteroatoms. The Morgan fingerprint density at radius 2 is 2.25 bits per heavy atom. The summed E-state index contributed by atoms with van der Waals surface area (Å²) < 4.78 is 0. The van der Waals surface area contributed by atoms with Crippen molar-refractivity contribution in [2.45, 2.75) is 33.1 Å². The van der Waals surface area contributed by atoms with Crippen molar-refractivity contribution in [2.24, 2.45) is 17.8 Å². The molecule has 1 rings (SSSR count). The molecule has 1 saturated carbocycles. The number of rotatable bonds is 3. The maximum absolute atomic E-state index is 11.1. The lowest BCUT2D eigenvalue weighted by Gasteiger charge is -2.38. The molecule has 3 unspecified atom stereocenters. The molecule has 12 heavy (non-hydrogen) atoms. The SMILES string of the molecule is CNC(=O)CC(C)C1CCC1C. The summed E-state index contributed by atoms with van der Waals surface area (Å²) in [6.07, 6.45) is 3.37. The maximum Gasteiger partial charge on any atom is 0.220 e. The molecular weight excluding hydrogens is 150 g/mol. The number of amides is 1. The van der Waals surface area contributed by atoms with Crippen LogP contribution in [0.1, 0.15) is 33.1 Å². The summed E-state index contributed by atoms with van der Waals surface area (Å²) in [6.45, 7) is 4.48. The minimum absolute atomic E-state index is 0.182. The molecule has 0 aliphatic heterocycles. The third-order valence-electron chi connectivity index (χ3n) is 3.20. The van der Waals surface area contributed by atoms with Gasteiger partial charge in [0.2, 0.25) is 5.91 Å². The van der Waals surface area contributed by atoms with Crippen molar-refractivity contribution in [2.75, 3.05) is 7.05 Å². The van der Waals surface area contributed by atoms with Crippen molar-refractivity contribution in [3.63, 3.8) is 0 Å². The number of hydrogen-bond acceptors (Lipinski definition) is 1. The van der Waals surface area contributed by atoms with E-state index in [-0.39, 0.29) is 5.91 Å². The average molecular weight is 169 g/mol. The van der Waals surface area contributed by atoms with Gasteiger partial charge in [0.15, 0.2) is 0 Å².